The summed E-state index contributed by atoms with van der Waals surface area (Å²) in [6.45, 7) is 13.0. The van der Waals surface area contributed by atoms with Gasteiger partial charge in [-0.15, -0.1) is 0 Å². The van der Waals surface area contributed by atoms with E-state index in [4.69, 9.17) is 5.73 Å². The van der Waals surface area contributed by atoms with Crippen LogP contribution < -0.4 is 5.73 Å². The molecule has 0 bridgehead atoms. The molecular formula is C19H38N2. The Morgan fingerprint density at radius 2 is 1.81 bits per heavy atom. The van der Waals surface area contributed by atoms with Gasteiger partial charge in [-0.2, -0.15) is 0 Å². The number of likely N-dealkylation sites (tertiary alicyclic amines) is 1. The largest absolute Gasteiger partial charge is 0.330 e. The number of nitrogens with zero attached hydrogens (tertiary/aromatic N) is 1. The van der Waals surface area contributed by atoms with Crippen molar-refractivity contribution in [2.45, 2.75) is 97.7 Å². The second kappa shape index (κ2) is 7.00. The molecular weight excluding hydrogens is 256 g/mol. The van der Waals surface area contributed by atoms with Crippen LogP contribution in [0.15, 0.2) is 0 Å². The fourth-order valence-electron chi connectivity index (χ4n) is 4.95. The molecule has 0 aromatic heterocycles. The van der Waals surface area contributed by atoms with Crippen LogP contribution in [0.5, 0.6) is 0 Å². The first-order chi connectivity index (χ1) is 9.94. The quantitative estimate of drug-likeness (QED) is 0.813. The summed E-state index contributed by atoms with van der Waals surface area (Å²) in [6.07, 6.45) is 9.49. The zero-order valence-electron chi connectivity index (χ0n) is 15.1. The second-order valence-corrected chi connectivity index (χ2v) is 8.35. The summed E-state index contributed by atoms with van der Waals surface area (Å²) in [5, 5.41) is 0. The molecule has 2 heteroatoms. The predicted octanol–water partition coefficient (Wildman–Crippen LogP) is 4.43. The third-order valence-electron chi connectivity index (χ3n) is 6.98. The van der Waals surface area contributed by atoms with Gasteiger partial charge >= 0.3 is 0 Å². The van der Waals surface area contributed by atoms with Crippen molar-refractivity contribution in [1.29, 1.82) is 0 Å². The average molecular weight is 295 g/mol. The summed E-state index contributed by atoms with van der Waals surface area (Å²) in [4.78, 5) is 2.88. The Morgan fingerprint density at radius 1 is 1.10 bits per heavy atom. The number of nitrogens with two attached hydrogens (primary N) is 1. The Hall–Kier alpha value is -0.0800. The van der Waals surface area contributed by atoms with Gasteiger partial charge in [0.15, 0.2) is 0 Å². The summed E-state index contributed by atoms with van der Waals surface area (Å²) < 4.78 is 0. The normalized spacial score (nSPS) is 38.9. The van der Waals surface area contributed by atoms with Gasteiger partial charge in [0.25, 0.3) is 0 Å². The van der Waals surface area contributed by atoms with Gasteiger partial charge in [0.05, 0.1) is 0 Å². The molecule has 0 aromatic rings. The van der Waals surface area contributed by atoms with Crippen molar-refractivity contribution in [3.63, 3.8) is 0 Å². The van der Waals surface area contributed by atoms with Crippen LogP contribution in [0.25, 0.3) is 0 Å². The molecule has 5 atom stereocenters. The highest BCUT2D eigenvalue weighted by atomic mass is 15.2. The lowest BCUT2D eigenvalue weighted by molar-refractivity contribution is 0.0135. The molecule has 2 aliphatic rings. The van der Waals surface area contributed by atoms with Gasteiger partial charge in [0, 0.05) is 18.1 Å². The molecule has 1 aliphatic carbocycles. The number of hydrogen-bond acceptors (Lipinski definition) is 2. The Balaban J connectivity index is 2.16. The molecule has 0 spiro atoms. The van der Waals surface area contributed by atoms with Crippen LogP contribution >= 0.6 is 0 Å². The highest BCUT2D eigenvalue weighted by Crippen LogP contribution is 2.45. The minimum atomic E-state index is 0.489. The van der Waals surface area contributed by atoms with Crippen LogP contribution in [0.3, 0.4) is 0 Å². The summed E-state index contributed by atoms with van der Waals surface area (Å²) in [6, 6.07) is 2.31. The van der Waals surface area contributed by atoms with Crippen LogP contribution in [0.4, 0.5) is 0 Å². The molecule has 5 unspecified atom stereocenters. The monoisotopic (exact) mass is 294 g/mol. The van der Waals surface area contributed by atoms with E-state index in [1.54, 1.807) is 0 Å². The van der Waals surface area contributed by atoms with Crippen LogP contribution in [-0.2, 0) is 0 Å². The van der Waals surface area contributed by atoms with Crippen molar-refractivity contribution in [3.05, 3.63) is 0 Å². The maximum absolute atomic E-state index is 6.15. The maximum Gasteiger partial charge on any atom is 0.0144 e. The zero-order chi connectivity index (χ0) is 15.6. The molecule has 0 radical (unpaired) electrons. The fourth-order valence-corrected chi connectivity index (χ4v) is 4.95. The van der Waals surface area contributed by atoms with Crippen LogP contribution in [-0.4, -0.2) is 29.6 Å². The van der Waals surface area contributed by atoms with E-state index in [0.717, 1.165) is 36.5 Å². The van der Waals surface area contributed by atoms with E-state index in [0.29, 0.717) is 5.41 Å². The van der Waals surface area contributed by atoms with Gasteiger partial charge in [0.2, 0.25) is 0 Å². The van der Waals surface area contributed by atoms with E-state index < -0.39 is 0 Å². The Morgan fingerprint density at radius 3 is 2.38 bits per heavy atom. The highest BCUT2D eigenvalue weighted by molar-refractivity contribution is 4.97. The SMILES string of the molecule is CCC1CCC(C)N1C1CC(C(C)(C)CC)CCC1CN. The molecule has 21 heavy (non-hydrogen) atoms. The summed E-state index contributed by atoms with van der Waals surface area (Å²) in [5.41, 5.74) is 6.64. The van der Waals surface area contributed by atoms with E-state index in [1.165, 1.54) is 44.9 Å². The van der Waals surface area contributed by atoms with E-state index in [9.17, 15) is 0 Å². The highest BCUT2D eigenvalue weighted by Gasteiger charge is 2.43. The van der Waals surface area contributed by atoms with E-state index >= 15 is 0 Å². The van der Waals surface area contributed by atoms with Crippen molar-refractivity contribution in [2.75, 3.05) is 6.54 Å². The van der Waals surface area contributed by atoms with Gasteiger partial charge in [-0.1, -0.05) is 34.1 Å². The molecule has 1 heterocycles. The van der Waals surface area contributed by atoms with Gasteiger partial charge in [0.1, 0.15) is 0 Å². The lowest BCUT2D eigenvalue weighted by Crippen LogP contribution is -2.52. The standard InChI is InChI=1S/C19H38N2/c1-6-17-11-8-14(3)21(17)18-12-16(19(4,5)7-2)10-9-15(18)13-20/h14-18H,6-13,20H2,1-5H3. The second-order valence-electron chi connectivity index (χ2n) is 8.35. The predicted molar refractivity (Wildman–Crippen MR) is 92.4 cm³/mol. The van der Waals surface area contributed by atoms with Gasteiger partial charge < -0.3 is 5.73 Å². The molecule has 2 rings (SSSR count). The van der Waals surface area contributed by atoms with E-state index in [-0.39, 0.29) is 0 Å². The molecule has 2 N–H and O–H groups in total. The maximum atomic E-state index is 6.15. The van der Waals surface area contributed by atoms with Crippen LogP contribution in [0, 0.1) is 17.3 Å². The number of rotatable bonds is 5. The summed E-state index contributed by atoms with van der Waals surface area (Å²) in [5.74, 6) is 1.60. The topological polar surface area (TPSA) is 29.3 Å². The van der Waals surface area contributed by atoms with Gasteiger partial charge in [-0.3, -0.25) is 4.90 Å². The van der Waals surface area contributed by atoms with Crippen molar-refractivity contribution in [1.82, 2.24) is 4.90 Å². The molecule has 2 nitrogen and oxygen atoms in total. The van der Waals surface area contributed by atoms with Crippen molar-refractivity contribution in [3.8, 4) is 0 Å². The minimum absolute atomic E-state index is 0.489. The van der Waals surface area contributed by atoms with Crippen molar-refractivity contribution < 1.29 is 0 Å². The van der Waals surface area contributed by atoms with E-state index in [1.807, 2.05) is 0 Å². The first-order valence-corrected chi connectivity index (χ1v) is 9.42. The molecule has 1 aliphatic heterocycles. The van der Waals surface area contributed by atoms with Crippen molar-refractivity contribution >= 4 is 0 Å². The first kappa shape index (κ1) is 17.3. The fraction of sp³-hybridized carbons (Fsp3) is 1.00. The summed E-state index contributed by atoms with van der Waals surface area (Å²) >= 11 is 0. The van der Waals surface area contributed by atoms with Gasteiger partial charge in [-0.05, 0) is 69.2 Å². The Bertz CT molecular complexity index is 326. The lowest BCUT2D eigenvalue weighted by Gasteiger charge is -2.48. The van der Waals surface area contributed by atoms with Gasteiger partial charge in [-0.25, -0.2) is 0 Å². The van der Waals surface area contributed by atoms with Crippen LogP contribution in [0.2, 0.25) is 0 Å². The van der Waals surface area contributed by atoms with Crippen molar-refractivity contribution in [2.24, 2.45) is 23.0 Å². The third kappa shape index (κ3) is 3.47. The number of hydrogen-bond donors (Lipinski definition) is 1. The molecule has 124 valence electrons. The average Bonchev–Trinajstić information content (AvgIpc) is 2.87. The van der Waals surface area contributed by atoms with E-state index in [2.05, 4.69) is 39.5 Å². The molecule has 1 saturated carbocycles. The summed E-state index contributed by atoms with van der Waals surface area (Å²) in [7, 11) is 0. The molecule has 1 saturated heterocycles. The molecule has 2 fully saturated rings. The zero-order valence-corrected chi connectivity index (χ0v) is 15.1. The molecule has 0 aromatic carbocycles. The third-order valence-corrected chi connectivity index (χ3v) is 6.98. The Labute approximate surface area is 132 Å². The first-order valence-electron chi connectivity index (χ1n) is 9.42. The Kier molecular flexibility index (Phi) is 5.76. The lowest BCUT2D eigenvalue weighted by atomic mass is 9.65. The minimum Gasteiger partial charge on any atom is -0.330 e. The molecule has 0 amide bonds. The van der Waals surface area contributed by atoms with Crippen LogP contribution in [0.1, 0.15) is 79.6 Å². The smallest absolute Gasteiger partial charge is 0.0144 e.